The molecule has 1 saturated heterocycles. The van der Waals surface area contributed by atoms with Crippen LogP contribution in [0.2, 0.25) is 0 Å². The summed E-state index contributed by atoms with van der Waals surface area (Å²) in [6, 6.07) is 0.606. The SMILES string of the molecule is COCCOCCOCCN1CCCNC(C(C)C)C1. The molecule has 120 valence electrons. The zero-order valence-electron chi connectivity index (χ0n) is 13.4. The summed E-state index contributed by atoms with van der Waals surface area (Å²) >= 11 is 0. The highest BCUT2D eigenvalue weighted by atomic mass is 16.5. The van der Waals surface area contributed by atoms with Crippen molar-refractivity contribution in [3.63, 3.8) is 0 Å². The maximum atomic E-state index is 5.63. The molecule has 20 heavy (non-hydrogen) atoms. The third kappa shape index (κ3) is 8.17. The zero-order valence-corrected chi connectivity index (χ0v) is 13.4. The van der Waals surface area contributed by atoms with E-state index in [1.165, 1.54) is 13.0 Å². The smallest absolute Gasteiger partial charge is 0.0701 e. The topological polar surface area (TPSA) is 43.0 Å². The first-order valence-corrected chi connectivity index (χ1v) is 7.84. The Balaban J connectivity index is 2.02. The van der Waals surface area contributed by atoms with Crippen LogP contribution in [0.4, 0.5) is 0 Å². The Kier molecular flexibility index (Phi) is 10.2. The van der Waals surface area contributed by atoms with Gasteiger partial charge in [-0.05, 0) is 25.4 Å². The van der Waals surface area contributed by atoms with Crippen LogP contribution in [-0.2, 0) is 14.2 Å². The number of ether oxygens (including phenoxy) is 3. The van der Waals surface area contributed by atoms with Gasteiger partial charge in [0.25, 0.3) is 0 Å². The van der Waals surface area contributed by atoms with E-state index < -0.39 is 0 Å². The van der Waals surface area contributed by atoms with E-state index in [1.807, 2.05) is 0 Å². The van der Waals surface area contributed by atoms with Crippen molar-refractivity contribution in [1.29, 1.82) is 0 Å². The third-order valence-electron chi connectivity index (χ3n) is 3.67. The van der Waals surface area contributed by atoms with Crippen molar-refractivity contribution >= 4 is 0 Å². The predicted octanol–water partition coefficient (Wildman–Crippen LogP) is 0.986. The third-order valence-corrected chi connectivity index (χ3v) is 3.67. The van der Waals surface area contributed by atoms with Crippen LogP contribution >= 0.6 is 0 Å². The van der Waals surface area contributed by atoms with Crippen LogP contribution in [0.1, 0.15) is 20.3 Å². The molecule has 0 amide bonds. The largest absolute Gasteiger partial charge is 0.382 e. The summed E-state index contributed by atoms with van der Waals surface area (Å²) in [5.74, 6) is 0.686. The van der Waals surface area contributed by atoms with Gasteiger partial charge in [0.05, 0.1) is 33.0 Å². The molecule has 0 radical (unpaired) electrons. The molecule has 1 unspecified atom stereocenters. The molecular formula is C15H32N2O3. The Morgan fingerprint density at radius 1 is 1.10 bits per heavy atom. The minimum absolute atomic E-state index is 0.606. The van der Waals surface area contributed by atoms with E-state index in [9.17, 15) is 0 Å². The van der Waals surface area contributed by atoms with Crippen molar-refractivity contribution in [2.45, 2.75) is 26.3 Å². The van der Waals surface area contributed by atoms with Crippen LogP contribution in [0.25, 0.3) is 0 Å². The van der Waals surface area contributed by atoms with Crippen LogP contribution in [0.3, 0.4) is 0 Å². The maximum absolute atomic E-state index is 5.63. The van der Waals surface area contributed by atoms with Crippen molar-refractivity contribution in [2.24, 2.45) is 5.92 Å². The van der Waals surface area contributed by atoms with Crippen LogP contribution in [0, 0.1) is 5.92 Å². The minimum Gasteiger partial charge on any atom is -0.382 e. The number of methoxy groups -OCH3 is 1. The van der Waals surface area contributed by atoms with E-state index in [-0.39, 0.29) is 0 Å². The molecule has 0 aromatic rings. The number of rotatable bonds is 10. The quantitative estimate of drug-likeness (QED) is 0.607. The van der Waals surface area contributed by atoms with Gasteiger partial charge in [0.2, 0.25) is 0 Å². The zero-order chi connectivity index (χ0) is 14.6. The van der Waals surface area contributed by atoms with Crippen LogP contribution in [0.5, 0.6) is 0 Å². The summed E-state index contributed by atoms with van der Waals surface area (Å²) in [6.07, 6.45) is 1.23. The first kappa shape index (κ1) is 17.9. The van der Waals surface area contributed by atoms with Gasteiger partial charge in [-0.15, -0.1) is 0 Å². The van der Waals surface area contributed by atoms with Crippen molar-refractivity contribution in [3.8, 4) is 0 Å². The summed E-state index contributed by atoms with van der Waals surface area (Å²) in [6.45, 7) is 12.4. The van der Waals surface area contributed by atoms with E-state index in [0.29, 0.717) is 38.4 Å². The molecule has 0 bridgehead atoms. The van der Waals surface area contributed by atoms with E-state index in [4.69, 9.17) is 14.2 Å². The molecule has 1 rings (SSSR count). The highest BCUT2D eigenvalue weighted by Crippen LogP contribution is 2.08. The Morgan fingerprint density at radius 2 is 1.80 bits per heavy atom. The van der Waals surface area contributed by atoms with E-state index in [1.54, 1.807) is 7.11 Å². The highest BCUT2D eigenvalue weighted by Gasteiger charge is 2.19. The summed E-state index contributed by atoms with van der Waals surface area (Å²) in [5.41, 5.74) is 0. The van der Waals surface area contributed by atoms with Crippen molar-refractivity contribution in [2.75, 3.05) is 66.3 Å². The Bertz CT molecular complexity index is 227. The second-order valence-corrected chi connectivity index (χ2v) is 5.68. The molecule has 1 atom stereocenters. The molecule has 1 N–H and O–H groups in total. The lowest BCUT2D eigenvalue weighted by atomic mass is 10.0. The van der Waals surface area contributed by atoms with Gasteiger partial charge in [-0.25, -0.2) is 0 Å². The fourth-order valence-corrected chi connectivity index (χ4v) is 2.33. The van der Waals surface area contributed by atoms with Gasteiger partial charge >= 0.3 is 0 Å². The maximum Gasteiger partial charge on any atom is 0.0701 e. The normalized spacial score (nSPS) is 21.3. The fraction of sp³-hybridized carbons (Fsp3) is 1.00. The van der Waals surface area contributed by atoms with Gasteiger partial charge in [-0.1, -0.05) is 13.8 Å². The first-order valence-electron chi connectivity index (χ1n) is 7.84. The van der Waals surface area contributed by atoms with Gasteiger partial charge < -0.3 is 19.5 Å². The van der Waals surface area contributed by atoms with Crippen LogP contribution in [-0.4, -0.2) is 77.3 Å². The average Bonchev–Trinajstić information content (AvgIpc) is 2.67. The molecule has 1 aliphatic heterocycles. The molecule has 5 nitrogen and oxygen atoms in total. The average molecular weight is 288 g/mol. The Morgan fingerprint density at radius 3 is 2.50 bits per heavy atom. The molecule has 0 aromatic carbocycles. The number of hydrogen-bond donors (Lipinski definition) is 1. The molecule has 0 aliphatic carbocycles. The number of nitrogens with zero attached hydrogens (tertiary/aromatic N) is 1. The number of nitrogens with one attached hydrogen (secondary N) is 1. The van der Waals surface area contributed by atoms with Gasteiger partial charge in [-0.3, -0.25) is 4.90 Å². The van der Waals surface area contributed by atoms with Crippen molar-refractivity contribution < 1.29 is 14.2 Å². The van der Waals surface area contributed by atoms with E-state index >= 15 is 0 Å². The summed E-state index contributed by atoms with van der Waals surface area (Å²) in [4.78, 5) is 2.51. The Labute approximate surface area is 123 Å². The Hall–Kier alpha value is -0.200. The summed E-state index contributed by atoms with van der Waals surface area (Å²) in [5, 5.41) is 3.63. The monoisotopic (exact) mass is 288 g/mol. The van der Waals surface area contributed by atoms with Gasteiger partial charge in [0, 0.05) is 26.2 Å². The fourth-order valence-electron chi connectivity index (χ4n) is 2.33. The van der Waals surface area contributed by atoms with Gasteiger partial charge in [0.15, 0.2) is 0 Å². The van der Waals surface area contributed by atoms with Gasteiger partial charge in [0.1, 0.15) is 0 Å². The second kappa shape index (κ2) is 11.5. The lowest BCUT2D eigenvalue weighted by Gasteiger charge is -2.26. The molecule has 5 heteroatoms. The first-order chi connectivity index (χ1) is 9.74. The molecule has 1 aliphatic rings. The lowest BCUT2D eigenvalue weighted by molar-refractivity contribution is 0.0192. The summed E-state index contributed by atoms with van der Waals surface area (Å²) in [7, 11) is 1.68. The van der Waals surface area contributed by atoms with Crippen molar-refractivity contribution in [3.05, 3.63) is 0 Å². The minimum atomic E-state index is 0.606. The molecule has 0 saturated carbocycles. The van der Waals surface area contributed by atoms with E-state index in [2.05, 4.69) is 24.1 Å². The highest BCUT2D eigenvalue weighted by molar-refractivity contribution is 4.78. The molecule has 0 spiro atoms. The van der Waals surface area contributed by atoms with Crippen molar-refractivity contribution in [1.82, 2.24) is 10.2 Å². The van der Waals surface area contributed by atoms with Crippen LogP contribution in [0.15, 0.2) is 0 Å². The number of hydrogen-bond acceptors (Lipinski definition) is 5. The molecular weight excluding hydrogens is 256 g/mol. The standard InChI is InChI=1S/C15H32N2O3/c1-14(2)15-13-17(6-4-5-16-15)7-8-19-11-12-20-10-9-18-3/h14-16H,4-13H2,1-3H3. The van der Waals surface area contributed by atoms with Gasteiger partial charge in [-0.2, -0.15) is 0 Å². The second-order valence-electron chi connectivity index (χ2n) is 5.68. The molecule has 1 fully saturated rings. The van der Waals surface area contributed by atoms with E-state index in [0.717, 1.165) is 26.2 Å². The van der Waals surface area contributed by atoms with Crippen LogP contribution < -0.4 is 5.32 Å². The molecule has 0 aromatic heterocycles. The lowest BCUT2D eigenvalue weighted by Crippen LogP contribution is -2.42. The predicted molar refractivity (Wildman–Crippen MR) is 81.2 cm³/mol. The summed E-state index contributed by atoms with van der Waals surface area (Å²) < 4.78 is 15.9. The molecule has 1 heterocycles.